The average Bonchev–Trinajstić information content (AvgIpc) is 2.26. The van der Waals surface area contributed by atoms with Crippen molar-refractivity contribution in [2.45, 2.75) is 25.7 Å². The van der Waals surface area contributed by atoms with Crippen LogP contribution >= 0.6 is 0 Å². The maximum atomic E-state index is 5.74. The van der Waals surface area contributed by atoms with Gasteiger partial charge in [0, 0.05) is 6.42 Å². The maximum absolute atomic E-state index is 5.74. The normalized spacial score (nSPS) is 11.6. The molecule has 0 bridgehead atoms. The van der Waals surface area contributed by atoms with Crippen LogP contribution in [-0.2, 0) is 0 Å². The number of hydrogen-bond donors (Lipinski definition) is 1. The smallest absolute Gasteiger partial charge is 0.00948 e. The summed E-state index contributed by atoms with van der Waals surface area (Å²) in [5.41, 5.74) is 7.07. The van der Waals surface area contributed by atoms with Gasteiger partial charge in [-0.05, 0) is 31.4 Å². The van der Waals surface area contributed by atoms with Crippen molar-refractivity contribution in [3.63, 3.8) is 0 Å². The summed E-state index contributed by atoms with van der Waals surface area (Å²) in [7, 11) is 0. The Hall–Kier alpha value is -1.26. The monoisotopic (exact) mass is 187 g/mol. The van der Waals surface area contributed by atoms with E-state index in [1.54, 1.807) is 0 Å². The Bertz CT molecular complexity index is 305. The van der Waals surface area contributed by atoms with E-state index in [1.807, 2.05) is 13.0 Å². The van der Waals surface area contributed by atoms with Gasteiger partial charge in [-0.15, -0.1) is 11.8 Å². The van der Waals surface area contributed by atoms with Crippen LogP contribution in [0.15, 0.2) is 30.3 Å². The molecule has 0 aromatic heterocycles. The molecule has 1 aromatic rings. The molecule has 0 heterocycles. The number of hydrogen-bond acceptors (Lipinski definition) is 1. The zero-order valence-corrected chi connectivity index (χ0v) is 8.66. The first-order chi connectivity index (χ1) is 6.88. The zero-order chi connectivity index (χ0) is 10.2. The van der Waals surface area contributed by atoms with Crippen LogP contribution in [0, 0.1) is 11.8 Å². The van der Waals surface area contributed by atoms with E-state index in [4.69, 9.17) is 5.73 Å². The second-order valence-electron chi connectivity index (χ2n) is 3.31. The molecule has 0 amide bonds. The Morgan fingerprint density at radius 3 is 2.57 bits per heavy atom. The van der Waals surface area contributed by atoms with Crippen LogP contribution in [0.4, 0.5) is 0 Å². The standard InChI is InChI=1S/C13H17N/c1-2-3-5-10-13(11-14)12-8-6-4-7-9-12/h4,6-9,13H,5,10-11,14H2,1H3. The Balaban J connectivity index is 2.57. The zero-order valence-electron chi connectivity index (χ0n) is 8.66. The van der Waals surface area contributed by atoms with Crippen LogP contribution in [-0.4, -0.2) is 6.54 Å². The number of rotatable bonds is 4. The Morgan fingerprint density at radius 1 is 1.29 bits per heavy atom. The fourth-order valence-corrected chi connectivity index (χ4v) is 1.52. The van der Waals surface area contributed by atoms with Gasteiger partial charge in [-0.25, -0.2) is 0 Å². The molecule has 1 nitrogen and oxygen atoms in total. The van der Waals surface area contributed by atoms with Gasteiger partial charge in [-0.3, -0.25) is 0 Å². The molecule has 0 saturated carbocycles. The van der Waals surface area contributed by atoms with E-state index in [-0.39, 0.29) is 0 Å². The molecule has 0 fully saturated rings. The highest BCUT2D eigenvalue weighted by Gasteiger charge is 2.07. The van der Waals surface area contributed by atoms with Crippen molar-refractivity contribution < 1.29 is 0 Å². The minimum Gasteiger partial charge on any atom is -0.330 e. The van der Waals surface area contributed by atoms with Gasteiger partial charge < -0.3 is 5.73 Å². The summed E-state index contributed by atoms with van der Waals surface area (Å²) in [4.78, 5) is 0. The molecule has 1 heteroatoms. The third kappa shape index (κ3) is 3.24. The molecule has 0 radical (unpaired) electrons. The van der Waals surface area contributed by atoms with Gasteiger partial charge in [-0.2, -0.15) is 0 Å². The lowest BCUT2D eigenvalue weighted by Crippen LogP contribution is -2.12. The number of nitrogens with two attached hydrogens (primary N) is 1. The molecule has 74 valence electrons. The Labute approximate surface area is 86.3 Å². The third-order valence-corrected chi connectivity index (χ3v) is 2.35. The minimum atomic E-state index is 0.456. The van der Waals surface area contributed by atoms with Crippen LogP contribution in [0.25, 0.3) is 0 Å². The summed E-state index contributed by atoms with van der Waals surface area (Å²) >= 11 is 0. The van der Waals surface area contributed by atoms with E-state index in [2.05, 4.69) is 36.1 Å². The van der Waals surface area contributed by atoms with E-state index in [1.165, 1.54) is 5.56 Å². The van der Waals surface area contributed by atoms with E-state index < -0.39 is 0 Å². The quantitative estimate of drug-likeness (QED) is 0.720. The molecule has 0 spiro atoms. The molecule has 0 aliphatic rings. The predicted octanol–water partition coefficient (Wildman–Crippen LogP) is 2.53. The van der Waals surface area contributed by atoms with Crippen molar-refractivity contribution in [2.24, 2.45) is 5.73 Å². The first kappa shape index (κ1) is 10.8. The molecule has 2 N–H and O–H groups in total. The van der Waals surface area contributed by atoms with E-state index >= 15 is 0 Å². The Kier molecular flexibility index (Phi) is 4.82. The fourth-order valence-electron chi connectivity index (χ4n) is 1.52. The molecule has 0 aliphatic heterocycles. The van der Waals surface area contributed by atoms with Crippen LogP contribution in [0.2, 0.25) is 0 Å². The lowest BCUT2D eigenvalue weighted by molar-refractivity contribution is 0.648. The lowest BCUT2D eigenvalue weighted by Gasteiger charge is -2.13. The van der Waals surface area contributed by atoms with Crippen molar-refractivity contribution >= 4 is 0 Å². The van der Waals surface area contributed by atoms with Crippen molar-refractivity contribution in [1.29, 1.82) is 0 Å². The largest absolute Gasteiger partial charge is 0.330 e. The van der Waals surface area contributed by atoms with Gasteiger partial charge in [0.2, 0.25) is 0 Å². The molecular weight excluding hydrogens is 170 g/mol. The summed E-state index contributed by atoms with van der Waals surface area (Å²) in [5.74, 6) is 6.44. The second kappa shape index (κ2) is 6.23. The van der Waals surface area contributed by atoms with Crippen LogP contribution in [0.5, 0.6) is 0 Å². The van der Waals surface area contributed by atoms with Gasteiger partial charge >= 0.3 is 0 Å². The SMILES string of the molecule is CC#CCCC(CN)c1ccccc1. The van der Waals surface area contributed by atoms with Gasteiger partial charge in [0.05, 0.1) is 0 Å². The van der Waals surface area contributed by atoms with Crippen molar-refractivity contribution in [1.82, 2.24) is 0 Å². The molecule has 0 saturated heterocycles. The van der Waals surface area contributed by atoms with Crippen molar-refractivity contribution in [2.75, 3.05) is 6.54 Å². The average molecular weight is 187 g/mol. The van der Waals surface area contributed by atoms with Crippen molar-refractivity contribution in [3.8, 4) is 11.8 Å². The maximum Gasteiger partial charge on any atom is 0.00948 e. The topological polar surface area (TPSA) is 26.0 Å². The highest BCUT2D eigenvalue weighted by atomic mass is 14.5. The van der Waals surface area contributed by atoms with Crippen LogP contribution in [0.3, 0.4) is 0 Å². The molecule has 1 rings (SSSR count). The van der Waals surface area contributed by atoms with Gasteiger partial charge in [0.25, 0.3) is 0 Å². The highest BCUT2D eigenvalue weighted by molar-refractivity contribution is 5.20. The first-order valence-electron chi connectivity index (χ1n) is 5.03. The predicted molar refractivity (Wildman–Crippen MR) is 60.9 cm³/mol. The molecule has 1 atom stereocenters. The van der Waals surface area contributed by atoms with E-state index in [9.17, 15) is 0 Å². The van der Waals surface area contributed by atoms with E-state index in [0.29, 0.717) is 12.5 Å². The third-order valence-electron chi connectivity index (χ3n) is 2.35. The molecule has 1 unspecified atom stereocenters. The molecule has 14 heavy (non-hydrogen) atoms. The van der Waals surface area contributed by atoms with Crippen LogP contribution in [0.1, 0.15) is 31.2 Å². The molecule has 1 aromatic carbocycles. The fraction of sp³-hybridized carbons (Fsp3) is 0.385. The van der Waals surface area contributed by atoms with Gasteiger partial charge in [-0.1, -0.05) is 30.3 Å². The highest BCUT2D eigenvalue weighted by Crippen LogP contribution is 2.19. The molecule has 0 aliphatic carbocycles. The summed E-state index contributed by atoms with van der Waals surface area (Å²) < 4.78 is 0. The van der Waals surface area contributed by atoms with Crippen LogP contribution < -0.4 is 5.73 Å². The summed E-state index contributed by atoms with van der Waals surface area (Å²) in [5, 5.41) is 0. The summed E-state index contributed by atoms with van der Waals surface area (Å²) in [6.45, 7) is 2.58. The first-order valence-corrected chi connectivity index (χ1v) is 5.03. The lowest BCUT2D eigenvalue weighted by atomic mass is 9.94. The summed E-state index contributed by atoms with van der Waals surface area (Å²) in [6.07, 6.45) is 1.99. The molecular formula is C13H17N. The minimum absolute atomic E-state index is 0.456. The van der Waals surface area contributed by atoms with E-state index in [0.717, 1.165) is 12.8 Å². The van der Waals surface area contributed by atoms with Gasteiger partial charge in [0.15, 0.2) is 0 Å². The van der Waals surface area contributed by atoms with Crippen molar-refractivity contribution in [3.05, 3.63) is 35.9 Å². The second-order valence-corrected chi connectivity index (χ2v) is 3.31. The van der Waals surface area contributed by atoms with Gasteiger partial charge in [0.1, 0.15) is 0 Å². The Morgan fingerprint density at radius 2 is 2.00 bits per heavy atom. The number of benzene rings is 1. The summed E-state index contributed by atoms with van der Waals surface area (Å²) in [6, 6.07) is 10.4.